The van der Waals surface area contributed by atoms with Crippen LogP contribution < -0.4 is 10.2 Å². The Bertz CT molecular complexity index is 674. The topological polar surface area (TPSA) is 39.1 Å². The monoisotopic (exact) mass is 343 g/mol. The highest BCUT2D eigenvalue weighted by Gasteiger charge is 2.10. The van der Waals surface area contributed by atoms with Crippen molar-refractivity contribution in [2.75, 3.05) is 24.3 Å². The van der Waals surface area contributed by atoms with Gasteiger partial charge in [-0.25, -0.2) is 0 Å². The lowest BCUT2D eigenvalue weighted by Gasteiger charge is -2.22. The molecule has 0 saturated heterocycles. The molecule has 2 aromatic rings. The van der Waals surface area contributed by atoms with Gasteiger partial charge in [0.25, 0.3) is 0 Å². The molecule has 1 N–H and O–H groups in total. The molecule has 1 unspecified atom stereocenters. The molecule has 108 valence electrons. The largest absolute Gasteiger partial charge is 0.377 e. The maximum Gasteiger partial charge on any atom is 0.0991 e. The second-order valence-corrected chi connectivity index (χ2v) is 6.07. The van der Waals surface area contributed by atoms with E-state index in [0.717, 1.165) is 21.4 Å². The predicted molar refractivity (Wildman–Crippen MR) is 91.7 cm³/mol. The number of nitrogens with zero attached hydrogens (tertiary/aromatic N) is 2. The lowest BCUT2D eigenvalue weighted by molar-refractivity contribution is 0.882. The Morgan fingerprint density at radius 1 is 1.19 bits per heavy atom. The molecule has 0 aliphatic heterocycles. The van der Waals surface area contributed by atoms with Crippen molar-refractivity contribution in [2.24, 2.45) is 0 Å². The van der Waals surface area contributed by atoms with E-state index in [4.69, 9.17) is 5.26 Å². The maximum absolute atomic E-state index is 9.00. The van der Waals surface area contributed by atoms with E-state index >= 15 is 0 Å². The Balaban J connectivity index is 2.29. The van der Waals surface area contributed by atoms with Gasteiger partial charge < -0.3 is 10.2 Å². The van der Waals surface area contributed by atoms with Crippen molar-refractivity contribution in [1.29, 1.82) is 5.26 Å². The quantitative estimate of drug-likeness (QED) is 0.884. The van der Waals surface area contributed by atoms with Crippen LogP contribution in [0.2, 0.25) is 0 Å². The minimum absolute atomic E-state index is 0.117. The minimum Gasteiger partial charge on any atom is -0.377 e. The molecule has 0 bridgehead atoms. The van der Waals surface area contributed by atoms with Crippen molar-refractivity contribution in [3.05, 3.63) is 58.1 Å². The Kier molecular flexibility index (Phi) is 4.87. The summed E-state index contributed by atoms with van der Waals surface area (Å²) in [6.45, 7) is 2.09. The number of benzene rings is 2. The van der Waals surface area contributed by atoms with E-state index < -0.39 is 0 Å². The van der Waals surface area contributed by atoms with E-state index in [1.54, 1.807) is 0 Å². The number of hydrogen-bond donors (Lipinski definition) is 1. The first-order valence-corrected chi connectivity index (χ1v) is 7.54. The molecule has 21 heavy (non-hydrogen) atoms. The van der Waals surface area contributed by atoms with Gasteiger partial charge in [0.2, 0.25) is 0 Å². The van der Waals surface area contributed by atoms with Gasteiger partial charge in [-0.1, -0.05) is 28.1 Å². The molecule has 0 saturated carbocycles. The summed E-state index contributed by atoms with van der Waals surface area (Å²) in [6.07, 6.45) is 0. The lowest BCUT2D eigenvalue weighted by Crippen LogP contribution is -2.14. The van der Waals surface area contributed by atoms with E-state index in [1.165, 1.54) is 0 Å². The molecule has 0 fully saturated rings. The Hall–Kier alpha value is -1.99. The third-order valence-corrected chi connectivity index (χ3v) is 3.82. The number of rotatable bonds is 4. The van der Waals surface area contributed by atoms with Gasteiger partial charge in [0.1, 0.15) is 0 Å². The third kappa shape index (κ3) is 3.77. The molecule has 2 aromatic carbocycles. The molecule has 2 rings (SSSR count). The van der Waals surface area contributed by atoms with Crippen molar-refractivity contribution < 1.29 is 0 Å². The van der Waals surface area contributed by atoms with Crippen LogP contribution in [0.1, 0.15) is 24.1 Å². The average Bonchev–Trinajstić information content (AvgIpc) is 2.47. The first-order chi connectivity index (χ1) is 10.0. The van der Waals surface area contributed by atoms with Crippen LogP contribution in [-0.4, -0.2) is 14.1 Å². The first-order valence-electron chi connectivity index (χ1n) is 6.74. The molecular weight excluding hydrogens is 326 g/mol. The van der Waals surface area contributed by atoms with Crippen molar-refractivity contribution in [2.45, 2.75) is 13.0 Å². The number of anilines is 2. The third-order valence-electron chi connectivity index (χ3n) is 3.33. The van der Waals surface area contributed by atoms with Gasteiger partial charge in [0, 0.05) is 24.6 Å². The van der Waals surface area contributed by atoms with Gasteiger partial charge in [-0.05, 0) is 42.8 Å². The highest BCUT2D eigenvalue weighted by molar-refractivity contribution is 9.10. The van der Waals surface area contributed by atoms with Crippen LogP contribution in [-0.2, 0) is 0 Å². The molecule has 0 radical (unpaired) electrons. The summed E-state index contributed by atoms with van der Waals surface area (Å²) in [4.78, 5) is 2.08. The van der Waals surface area contributed by atoms with E-state index in [9.17, 15) is 0 Å². The van der Waals surface area contributed by atoms with Crippen molar-refractivity contribution in [3.63, 3.8) is 0 Å². The zero-order chi connectivity index (χ0) is 15.4. The van der Waals surface area contributed by atoms with Crippen LogP contribution in [0.25, 0.3) is 0 Å². The molecule has 0 spiro atoms. The van der Waals surface area contributed by atoms with Crippen molar-refractivity contribution in [3.8, 4) is 6.07 Å². The van der Waals surface area contributed by atoms with Gasteiger partial charge in [0.05, 0.1) is 23.0 Å². The van der Waals surface area contributed by atoms with E-state index in [2.05, 4.69) is 51.3 Å². The summed E-state index contributed by atoms with van der Waals surface area (Å²) in [5.41, 5.74) is 3.97. The zero-order valence-corrected chi connectivity index (χ0v) is 14.0. The van der Waals surface area contributed by atoms with Crippen LogP contribution in [0, 0.1) is 11.3 Å². The van der Waals surface area contributed by atoms with Crippen molar-refractivity contribution >= 4 is 27.3 Å². The van der Waals surface area contributed by atoms with Crippen LogP contribution >= 0.6 is 15.9 Å². The number of hydrogen-bond acceptors (Lipinski definition) is 3. The lowest BCUT2D eigenvalue weighted by atomic mass is 10.1. The fourth-order valence-electron chi connectivity index (χ4n) is 2.21. The highest BCUT2D eigenvalue weighted by atomic mass is 79.9. The van der Waals surface area contributed by atoms with Gasteiger partial charge in [-0.2, -0.15) is 5.26 Å². The molecule has 0 aromatic heterocycles. The molecule has 0 aliphatic rings. The fourth-order valence-corrected chi connectivity index (χ4v) is 2.57. The van der Waals surface area contributed by atoms with Crippen LogP contribution in [0.5, 0.6) is 0 Å². The van der Waals surface area contributed by atoms with Crippen LogP contribution in [0.3, 0.4) is 0 Å². The van der Waals surface area contributed by atoms with Gasteiger partial charge in [-0.15, -0.1) is 0 Å². The summed E-state index contributed by atoms with van der Waals surface area (Å²) >= 11 is 3.51. The second kappa shape index (κ2) is 6.64. The Labute approximate surface area is 134 Å². The summed E-state index contributed by atoms with van der Waals surface area (Å²) < 4.78 is 1.04. The van der Waals surface area contributed by atoms with Crippen LogP contribution in [0.15, 0.2) is 46.9 Å². The van der Waals surface area contributed by atoms with Gasteiger partial charge in [0.15, 0.2) is 0 Å². The number of nitriles is 1. The summed E-state index contributed by atoms with van der Waals surface area (Å²) in [7, 11) is 4.05. The van der Waals surface area contributed by atoms with Crippen LogP contribution in [0.4, 0.5) is 11.4 Å². The highest BCUT2D eigenvalue weighted by Crippen LogP contribution is 2.31. The second-order valence-electron chi connectivity index (χ2n) is 5.16. The molecule has 1 atom stereocenters. The predicted octanol–water partition coefficient (Wildman–Crippen LogP) is 4.56. The molecule has 0 heterocycles. The Morgan fingerprint density at radius 2 is 1.95 bits per heavy atom. The molecule has 4 heteroatoms. The fraction of sp³-hybridized carbons (Fsp3) is 0.235. The summed E-state index contributed by atoms with van der Waals surface area (Å²) in [6, 6.07) is 16.2. The maximum atomic E-state index is 9.00. The summed E-state index contributed by atoms with van der Waals surface area (Å²) in [5, 5.41) is 12.5. The van der Waals surface area contributed by atoms with E-state index in [1.807, 2.05) is 44.4 Å². The SMILES string of the molecule is CC(Nc1cc(Br)ccc1N(C)C)c1cccc(C#N)c1. The Morgan fingerprint density at radius 3 is 2.62 bits per heavy atom. The number of nitrogens with one attached hydrogen (secondary N) is 1. The first kappa shape index (κ1) is 15.4. The van der Waals surface area contributed by atoms with E-state index in [-0.39, 0.29) is 6.04 Å². The van der Waals surface area contributed by atoms with Crippen molar-refractivity contribution in [1.82, 2.24) is 0 Å². The molecular formula is C17H18BrN3. The zero-order valence-electron chi connectivity index (χ0n) is 12.4. The number of halogens is 1. The molecule has 3 nitrogen and oxygen atoms in total. The average molecular weight is 344 g/mol. The molecule has 0 amide bonds. The molecule has 0 aliphatic carbocycles. The normalized spacial score (nSPS) is 11.6. The standard InChI is InChI=1S/C17H18BrN3/c1-12(14-6-4-5-13(9-14)11-19)20-16-10-15(18)7-8-17(16)21(2)3/h4-10,12,20H,1-3H3. The smallest absolute Gasteiger partial charge is 0.0991 e. The minimum atomic E-state index is 0.117. The van der Waals surface area contributed by atoms with Gasteiger partial charge >= 0.3 is 0 Å². The summed E-state index contributed by atoms with van der Waals surface area (Å²) in [5.74, 6) is 0. The van der Waals surface area contributed by atoms with Gasteiger partial charge in [-0.3, -0.25) is 0 Å². The van der Waals surface area contributed by atoms with E-state index in [0.29, 0.717) is 5.56 Å².